The number of hydrogen-bond donors (Lipinski definition) is 1. The first-order chi connectivity index (χ1) is 10.3. The number of rotatable bonds is 4. The molecule has 0 saturated heterocycles. The maximum atomic E-state index is 4.45. The lowest BCUT2D eigenvalue weighted by Crippen LogP contribution is -2.07. The Morgan fingerprint density at radius 1 is 1.00 bits per heavy atom. The van der Waals surface area contributed by atoms with Crippen LogP contribution in [-0.2, 0) is 13.0 Å². The topological polar surface area (TPSA) is 50.7 Å². The predicted molar refractivity (Wildman–Crippen MR) is 85.2 cm³/mol. The van der Waals surface area contributed by atoms with Gasteiger partial charge in [0, 0.05) is 17.0 Å². The lowest BCUT2D eigenvalue weighted by molar-refractivity contribution is 0.941. The third kappa shape index (κ3) is 2.70. The van der Waals surface area contributed by atoms with Crippen LogP contribution in [0.25, 0.3) is 10.8 Å². The van der Waals surface area contributed by atoms with Gasteiger partial charge in [0.25, 0.3) is 0 Å². The maximum absolute atomic E-state index is 4.45. The van der Waals surface area contributed by atoms with Crippen LogP contribution >= 0.6 is 0 Å². The molecule has 21 heavy (non-hydrogen) atoms. The zero-order valence-electron chi connectivity index (χ0n) is 12.3. The third-order valence-electron chi connectivity index (χ3n) is 3.66. The largest absolute Gasteiger partial charge is 0.362 e. The smallest absolute Gasteiger partial charge is 0.156 e. The van der Waals surface area contributed by atoms with Crippen molar-refractivity contribution in [2.75, 3.05) is 5.32 Å². The summed E-state index contributed by atoms with van der Waals surface area (Å²) in [6.07, 6.45) is 2.81. The van der Waals surface area contributed by atoms with E-state index >= 15 is 0 Å². The van der Waals surface area contributed by atoms with E-state index in [1.807, 2.05) is 31.3 Å². The molecule has 106 valence electrons. The summed E-state index contributed by atoms with van der Waals surface area (Å²) >= 11 is 0. The van der Waals surface area contributed by atoms with Crippen LogP contribution in [0, 0.1) is 6.92 Å². The second-order valence-corrected chi connectivity index (χ2v) is 5.00. The molecule has 0 amide bonds. The van der Waals surface area contributed by atoms with E-state index in [-0.39, 0.29) is 0 Å². The number of pyridine rings is 1. The summed E-state index contributed by atoms with van der Waals surface area (Å²) in [5, 5.41) is 14.1. The molecule has 4 nitrogen and oxygen atoms in total. The minimum atomic E-state index is 0.658. The van der Waals surface area contributed by atoms with Crippen molar-refractivity contribution in [1.82, 2.24) is 15.2 Å². The monoisotopic (exact) mass is 278 g/mol. The molecule has 0 aliphatic carbocycles. The van der Waals surface area contributed by atoms with Crippen LogP contribution in [0.5, 0.6) is 0 Å². The number of nitrogens with one attached hydrogen (secondary N) is 1. The van der Waals surface area contributed by atoms with Crippen molar-refractivity contribution in [3.63, 3.8) is 0 Å². The van der Waals surface area contributed by atoms with Crippen molar-refractivity contribution in [2.24, 2.45) is 0 Å². The summed E-state index contributed by atoms with van der Waals surface area (Å²) in [4.78, 5) is 4.45. The maximum Gasteiger partial charge on any atom is 0.156 e. The summed E-state index contributed by atoms with van der Waals surface area (Å²) in [6, 6.07) is 12.3. The average molecular weight is 278 g/mol. The standard InChI is InChI=1S/C17H18N4/c1-3-13-7-6-10-18-16(13)11-19-17-15-9-5-4-8-14(15)12(2)20-21-17/h4-10H,3,11H2,1-2H3,(H,19,21). The van der Waals surface area contributed by atoms with E-state index in [1.165, 1.54) is 5.56 Å². The van der Waals surface area contributed by atoms with E-state index in [4.69, 9.17) is 0 Å². The van der Waals surface area contributed by atoms with Gasteiger partial charge in [0.2, 0.25) is 0 Å². The lowest BCUT2D eigenvalue weighted by atomic mass is 10.1. The fourth-order valence-electron chi connectivity index (χ4n) is 2.49. The number of anilines is 1. The van der Waals surface area contributed by atoms with Crippen LogP contribution in [0.15, 0.2) is 42.6 Å². The van der Waals surface area contributed by atoms with Crippen molar-refractivity contribution < 1.29 is 0 Å². The molecule has 0 atom stereocenters. The molecule has 0 bridgehead atoms. The first kappa shape index (κ1) is 13.5. The fraction of sp³-hybridized carbons (Fsp3) is 0.235. The van der Waals surface area contributed by atoms with E-state index in [0.717, 1.165) is 34.4 Å². The van der Waals surface area contributed by atoms with Crippen LogP contribution in [-0.4, -0.2) is 15.2 Å². The van der Waals surface area contributed by atoms with Gasteiger partial charge >= 0.3 is 0 Å². The van der Waals surface area contributed by atoms with Gasteiger partial charge in [-0.05, 0) is 25.0 Å². The molecule has 0 radical (unpaired) electrons. The molecule has 0 unspecified atom stereocenters. The van der Waals surface area contributed by atoms with Gasteiger partial charge in [-0.2, -0.15) is 5.10 Å². The average Bonchev–Trinajstić information content (AvgIpc) is 2.55. The Bertz CT molecular complexity index is 768. The Morgan fingerprint density at radius 3 is 2.62 bits per heavy atom. The van der Waals surface area contributed by atoms with Crippen molar-refractivity contribution in [3.8, 4) is 0 Å². The van der Waals surface area contributed by atoms with Gasteiger partial charge in [-0.1, -0.05) is 37.3 Å². The minimum absolute atomic E-state index is 0.658. The number of benzene rings is 1. The summed E-state index contributed by atoms with van der Waals surface area (Å²) in [5.41, 5.74) is 3.27. The molecule has 2 aromatic heterocycles. The Morgan fingerprint density at radius 2 is 1.81 bits per heavy atom. The highest BCUT2D eigenvalue weighted by Crippen LogP contribution is 2.22. The summed E-state index contributed by atoms with van der Waals surface area (Å²) in [5.74, 6) is 0.809. The minimum Gasteiger partial charge on any atom is -0.362 e. The van der Waals surface area contributed by atoms with Gasteiger partial charge in [-0.25, -0.2) is 0 Å². The highest BCUT2D eigenvalue weighted by atomic mass is 15.2. The molecule has 1 aromatic carbocycles. The van der Waals surface area contributed by atoms with Gasteiger partial charge in [0.15, 0.2) is 5.82 Å². The van der Waals surface area contributed by atoms with Crippen LogP contribution in [0.4, 0.5) is 5.82 Å². The van der Waals surface area contributed by atoms with Crippen molar-refractivity contribution in [3.05, 3.63) is 59.5 Å². The highest BCUT2D eigenvalue weighted by Gasteiger charge is 2.07. The van der Waals surface area contributed by atoms with Gasteiger partial charge in [-0.3, -0.25) is 4.98 Å². The Balaban J connectivity index is 1.91. The molecule has 2 heterocycles. The SMILES string of the molecule is CCc1cccnc1CNc1nnc(C)c2ccccc12. The van der Waals surface area contributed by atoms with Crippen LogP contribution in [0.1, 0.15) is 23.9 Å². The molecule has 0 aliphatic rings. The molecular weight excluding hydrogens is 260 g/mol. The fourth-order valence-corrected chi connectivity index (χ4v) is 2.49. The molecule has 3 aromatic rings. The van der Waals surface area contributed by atoms with Crippen LogP contribution in [0.2, 0.25) is 0 Å². The summed E-state index contributed by atoms with van der Waals surface area (Å²) in [6.45, 7) is 4.78. The number of aryl methyl sites for hydroxylation is 2. The number of hydrogen-bond acceptors (Lipinski definition) is 4. The van der Waals surface area contributed by atoms with E-state index in [9.17, 15) is 0 Å². The zero-order chi connectivity index (χ0) is 14.7. The Kier molecular flexibility index (Phi) is 3.77. The molecule has 0 spiro atoms. The van der Waals surface area contributed by atoms with Crippen molar-refractivity contribution >= 4 is 16.6 Å². The second kappa shape index (κ2) is 5.87. The third-order valence-corrected chi connectivity index (χ3v) is 3.66. The van der Waals surface area contributed by atoms with Gasteiger partial charge in [0.05, 0.1) is 17.9 Å². The van der Waals surface area contributed by atoms with E-state index < -0.39 is 0 Å². The molecule has 3 rings (SSSR count). The normalized spacial score (nSPS) is 10.8. The summed E-state index contributed by atoms with van der Waals surface area (Å²) < 4.78 is 0. The van der Waals surface area contributed by atoms with Gasteiger partial charge in [-0.15, -0.1) is 5.10 Å². The first-order valence-electron chi connectivity index (χ1n) is 7.18. The number of fused-ring (bicyclic) bond motifs is 1. The van der Waals surface area contributed by atoms with E-state index in [1.54, 1.807) is 0 Å². The van der Waals surface area contributed by atoms with E-state index in [0.29, 0.717) is 6.54 Å². The summed E-state index contributed by atoms with van der Waals surface area (Å²) in [7, 11) is 0. The molecular formula is C17H18N4. The molecule has 4 heteroatoms. The molecule has 0 saturated carbocycles. The van der Waals surface area contributed by atoms with Crippen LogP contribution in [0.3, 0.4) is 0 Å². The first-order valence-corrected chi connectivity index (χ1v) is 7.18. The molecule has 1 N–H and O–H groups in total. The number of aromatic nitrogens is 3. The van der Waals surface area contributed by atoms with Crippen molar-refractivity contribution in [2.45, 2.75) is 26.8 Å². The van der Waals surface area contributed by atoms with Crippen molar-refractivity contribution in [1.29, 1.82) is 0 Å². The zero-order valence-corrected chi connectivity index (χ0v) is 12.3. The quantitative estimate of drug-likeness (QED) is 0.793. The molecule has 0 aliphatic heterocycles. The van der Waals surface area contributed by atoms with E-state index in [2.05, 4.69) is 45.6 Å². The Hall–Kier alpha value is -2.49. The molecule has 0 fully saturated rings. The van der Waals surface area contributed by atoms with Crippen LogP contribution < -0.4 is 5.32 Å². The second-order valence-electron chi connectivity index (χ2n) is 5.00. The predicted octanol–water partition coefficient (Wildman–Crippen LogP) is 3.51. The lowest BCUT2D eigenvalue weighted by Gasteiger charge is -2.11. The van der Waals surface area contributed by atoms with Gasteiger partial charge < -0.3 is 5.32 Å². The number of nitrogens with zero attached hydrogens (tertiary/aromatic N) is 3. The van der Waals surface area contributed by atoms with Gasteiger partial charge in [0.1, 0.15) is 0 Å². The highest BCUT2D eigenvalue weighted by molar-refractivity contribution is 5.92. The Labute approximate surface area is 124 Å².